The molecule has 0 amide bonds. The molecule has 0 bridgehead atoms. The van der Waals surface area contributed by atoms with Crippen LogP contribution in [0.25, 0.3) is 0 Å². The van der Waals surface area contributed by atoms with Crippen molar-refractivity contribution in [3.05, 3.63) is 134 Å². The third-order valence-corrected chi connectivity index (χ3v) is 14.1. The number of carbonyl (C=O) groups is 3. The third kappa shape index (κ3) is 66.2. The summed E-state index contributed by atoms with van der Waals surface area (Å²) in [6.45, 7) is 6.45. The van der Waals surface area contributed by atoms with Gasteiger partial charge in [0.05, 0.1) is 0 Å². The summed E-state index contributed by atoms with van der Waals surface area (Å²) in [6, 6.07) is 0. The number of rotatable bonds is 60. The SMILES string of the molecule is CC/C=C\C/C=C\C/C=C\C/C=C\C/C=C\C/C=C\C/C=C\C/C=C\C/C=C\CCCC(=O)OCC(COC(=O)CCCCCCC/C=C\CCCC)OC(=O)CCCCCCCCCCCCC/C=C\CCCCCCCCCC. The molecule has 0 aliphatic carbocycles. The van der Waals surface area contributed by atoms with E-state index in [0.717, 1.165) is 116 Å². The van der Waals surface area contributed by atoms with Crippen LogP contribution in [-0.4, -0.2) is 37.2 Å². The van der Waals surface area contributed by atoms with Crippen molar-refractivity contribution in [1.82, 2.24) is 0 Å². The Kier molecular flexibility index (Phi) is 64.3. The van der Waals surface area contributed by atoms with Crippen LogP contribution in [0.3, 0.4) is 0 Å². The van der Waals surface area contributed by atoms with Gasteiger partial charge in [0, 0.05) is 19.3 Å². The minimum Gasteiger partial charge on any atom is -0.462 e. The topological polar surface area (TPSA) is 78.9 Å². The molecule has 0 aromatic carbocycles. The van der Waals surface area contributed by atoms with E-state index < -0.39 is 6.10 Å². The zero-order valence-corrected chi connectivity index (χ0v) is 52.8. The van der Waals surface area contributed by atoms with Crippen LogP contribution in [0.2, 0.25) is 0 Å². The number of hydrogen-bond donors (Lipinski definition) is 0. The van der Waals surface area contributed by atoms with E-state index in [9.17, 15) is 14.4 Å². The Balaban J connectivity index is 4.38. The monoisotopic (exact) mass is 1120 g/mol. The van der Waals surface area contributed by atoms with Crippen molar-refractivity contribution in [2.45, 2.75) is 309 Å². The van der Waals surface area contributed by atoms with E-state index in [-0.39, 0.29) is 37.5 Å². The minimum absolute atomic E-state index is 0.103. The van der Waals surface area contributed by atoms with Gasteiger partial charge in [0.25, 0.3) is 0 Å². The highest BCUT2D eigenvalue weighted by atomic mass is 16.6. The van der Waals surface area contributed by atoms with Crippen molar-refractivity contribution in [1.29, 1.82) is 0 Å². The number of unbranched alkanes of at least 4 members (excludes halogenated alkanes) is 27. The van der Waals surface area contributed by atoms with Gasteiger partial charge in [-0.25, -0.2) is 0 Å². The molecular weight excluding hydrogens is 997 g/mol. The molecule has 0 aromatic heterocycles. The van der Waals surface area contributed by atoms with Crippen LogP contribution in [0.4, 0.5) is 0 Å². The number of hydrogen-bond acceptors (Lipinski definition) is 6. The Hall–Kier alpha value is -4.45. The van der Waals surface area contributed by atoms with Gasteiger partial charge in [-0.2, -0.15) is 0 Å². The fraction of sp³-hybridized carbons (Fsp3) is 0.667. The van der Waals surface area contributed by atoms with Gasteiger partial charge >= 0.3 is 17.9 Å². The van der Waals surface area contributed by atoms with Crippen LogP contribution in [-0.2, 0) is 28.6 Å². The summed E-state index contributed by atoms with van der Waals surface area (Å²) in [6.07, 6.45) is 96.2. The quantitative estimate of drug-likeness (QED) is 0.0261. The molecule has 0 fully saturated rings. The van der Waals surface area contributed by atoms with E-state index in [1.165, 1.54) is 141 Å². The van der Waals surface area contributed by atoms with Gasteiger partial charge in [-0.05, 0) is 128 Å². The summed E-state index contributed by atoms with van der Waals surface area (Å²) >= 11 is 0. The molecule has 0 heterocycles. The summed E-state index contributed by atoms with van der Waals surface area (Å²) in [5.74, 6) is -0.971. The van der Waals surface area contributed by atoms with Crippen molar-refractivity contribution in [3.8, 4) is 0 Å². The van der Waals surface area contributed by atoms with Gasteiger partial charge in [0.1, 0.15) is 13.2 Å². The second-order valence-corrected chi connectivity index (χ2v) is 22.0. The lowest BCUT2D eigenvalue weighted by Gasteiger charge is -2.18. The van der Waals surface area contributed by atoms with Crippen LogP contribution in [0.15, 0.2) is 134 Å². The first-order valence-corrected chi connectivity index (χ1v) is 33.7. The standard InChI is InChI=1S/C75H124O6/c1-4-7-10-13-16-19-22-24-26-28-30-32-34-35-36-37-38-39-41-42-44-46-48-50-53-56-59-62-65-68-74(77)80-71-72(70-79-73(76)67-64-61-58-55-52-21-18-15-12-9-6-3)81-75(78)69-66-63-60-57-54-51-49-47-45-43-40-33-31-29-27-25-23-20-17-14-11-8-5-2/h7,10,15-16,18-19,24,26,29-32,35-36,38-39,42,44,48,50,56,59,72H,4-6,8-9,11-14,17,20-23,25,27-28,33-34,37,40-41,43,45-47,49,51-55,57-58,60-71H2,1-3H3/b10-7-,18-15-,19-16-,26-24-,31-29-,32-30-,36-35-,39-38-,44-42-,50-48-,59-56-. The molecule has 81 heavy (non-hydrogen) atoms. The smallest absolute Gasteiger partial charge is 0.306 e. The summed E-state index contributed by atoms with van der Waals surface area (Å²) < 4.78 is 16.9. The van der Waals surface area contributed by atoms with E-state index in [4.69, 9.17) is 14.2 Å². The fourth-order valence-corrected chi connectivity index (χ4v) is 9.07. The molecule has 6 nitrogen and oxygen atoms in total. The van der Waals surface area contributed by atoms with E-state index in [1.807, 2.05) is 0 Å². The maximum atomic E-state index is 12.9. The first-order chi connectivity index (χ1) is 40.0. The second kappa shape index (κ2) is 68.1. The van der Waals surface area contributed by atoms with Crippen molar-refractivity contribution in [3.63, 3.8) is 0 Å². The molecule has 0 rings (SSSR count). The Bertz CT molecular complexity index is 1720. The van der Waals surface area contributed by atoms with Gasteiger partial charge in [0.15, 0.2) is 6.10 Å². The molecule has 0 saturated heterocycles. The summed E-state index contributed by atoms with van der Waals surface area (Å²) in [5.41, 5.74) is 0. The summed E-state index contributed by atoms with van der Waals surface area (Å²) in [7, 11) is 0. The molecule has 0 aliphatic rings. The molecule has 1 atom stereocenters. The predicted molar refractivity (Wildman–Crippen MR) is 353 cm³/mol. The number of allylic oxidation sites excluding steroid dienone is 22. The lowest BCUT2D eigenvalue weighted by molar-refractivity contribution is -0.167. The molecule has 0 spiro atoms. The van der Waals surface area contributed by atoms with Crippen LogP contribution < -0.4 is 0 Å². The molecule has 0 aliphatic heterocycles. The summed E-state index contributed by atoms with van der Waals surface area (Å²) in [4.78, 5) is 38.3. The zero-order valence-electron chi connectivity index (χ0n) is 52.8. The van der Waals surface area contributed by atoms with Crippen molar-refractivity contribution >= 4 is 17.9 Å². The maximum absolute atomic E-state index is 12.9. The largest absolute Gasteiger partial charge is 0.462 e. The number of ether oxygens (including phenoxy) is 3. The van der Waals surface area contributed by atoms with Gasteiger partial charge in [0.2, 0.25) is 0 Å². The second-order valence-electron chi connectivity index (χ2n) is 22.0. The molecule has 6 heteroatoms. The molecule has 0 radical (unpaired) electrons. The molecule has 0 saturated carbocycles. The van der Waals surface area contributed by atoms with E-state index in [1.54, 1.807) is 0 Å². The number of carbonyl (C=O) groups excluding carboxylic acids is 3. The van der Waals surface area contributed by atoms with Gasteiger partial charge in [-0.15, -0.1) is 0 Å². The molecular formula is C75H124O6. The first kappa shape index (κ1) is 76.5. The van der Waals surface area contributed by atoms with Gasteiger partial charge in [-0.1, -0.05) is 289 Å². The normalized spacial score (nSPS) is 13.0. The number of esters is 3. The Morgan fingerprint density at radius 1 is 0.259 bits per heavy atom. The third-order valence-electron chi connectivity index (χ3n) is 14.1. The Labute approximate surface area is 500 Å². The predicted octanol–water partition coefficient (Wildman–Crippen LogP) is 23.3. The highest BCUT2D eigenvalue weighted by molar-refractivity contribution is 5.71. The highest BCUT2D eigenvalue weighted by Crippen LogP contribution is 2.16. The van der Waals surface area contributed by atoms with Gasteiger partial charge in [-0.3, -0.25) is 14.4 Å². The van der Waals surface area contributed by atoms with Crippen LogP contribution in [0.1, 0.15) is 303 Å². The zero-order chi connectivity index (χ0) is 58.5. The average molecular weight is 1120 g/mol. The van der Waals surface area contributed by atoms with E-state index >= 15 is 0 Å². The highest BCUT2D eigenvalue weighted by Gasteiger charge is 2.19. The van der Waals surface area contributed by atoms with Crippen molar-refractivity contribution < 1.29 is 28.6 Å². The Morgan fingerprint density at radius 3 is 0.852 bits per heavy atom. The molecule has 0 aromatic rings. The van der Waals surface area contributed by atoms with Crippen LogP contribution in [0.5, 0.6) is 0 Å². The van der Waals surface area contributed by atoms with Crippen LogP contribution in [0, 0.1) is 0 Å². The fourth-order valence-electron chi connectivity index (χ4n) is 9.07. The molecule has 1 unspecified atom stereocenters. The lowest BCUT2D eigenvalue weighted by atomic mass is 10.0. The lowest BCUT2D eigenvalue weighted by Crippen LogP contribution is -2.30. The first-order valence-electron chi connectivity index (χ1n) is 33.7. The van der Waals surface area contributed by atoms with Crippen molar-refractivity contribution in [2.75, 3.05) is 13.2 Å². The average Bonchev–Trinajstić information content (AvgIpc) is 3.47. The molecule has 0 N–H and O–H groups in total. The molecule has 460 valence electrons. The van der Waals surface area contributed by atoms with Gasteiger partial charge < -0.3 is 14.2 Å². The van der Waals surface area contributed by atoms with Crippen molar-refractivity contribution in [2.24, 2.45) is 0 Å². The van der Waals surface area contributed by atoms with E-state index in [0.29, 0.717) is 19.3 Å². The Morgan fingerprint density at radius 2 is 0.506 bits per heavy atom. The maximum Gasteiger partial charge on any atom is 0.306 e. The minimum atomic E-state index is -0.810. The summed E-state index contributed by atoms with van der Waals surface area (Å²) in [5, 5.41) is 0. The van der Waals surface area contributed by atoms with Crippen LogP contribution >= 0.6 is 0 Å². The van der Waals surface area contributed by atoms with E-state index in [2.05, 4.69) is 154 Å².